The van der Waals surface area contributed by atoms with Crippen molar-refractivity contribution < 1.29 is 0 Å². The van der Waals surface area contributed by atoms with Gasteiger partial charge < -0.3 is 11.1 Å². The normalized spacial score (nSPS) is 13.2. The summed E-state index contributed by atoms with van der Waals surface area (Å²) in [4.78, 5) is 4.39. The van der Waals surface area contributed by atoms with Crippen molar-refractivity contribution >= 4 is 11.3 Å². The Bertz CT molecular complexity index is 461. The monoisotopic (exact) mass is 204 g/mol. The number of rotatable bonds is 3. The third kappa shape index (κ3) is 1.80. The molecule has 2 heterocycles. The number of hydrogen-bond donors (Lipinski definition) is 2. The second-order valence-corrected chi connectivity index (χ2v) is 3.78. The topological polar surface area (TPSA) is 55.3 Å². The SMILES string of the molecule is CNC(C)Cc1ncc2cccc(N)n12. The molecule has 0 aliphatic heterocycles. The van der Waals surface area contributed by atoms with Gasteiger partial charge in [-0.05, 0) is 26.1 Å². The predicted molar refractivity (Wildman–Crippen MR) is 61.8 cm³/mol. The van der Waals surface area contributed by atoms with E-state index in [1.54, 1.807) is 0 Å². The summed E-state index contributed by atoms with van der Waals surface area (Å²) in [6, 6.07) is 6.24. The second kappa shape index (κ2) is 3.90. The van der Waals surface area contributed by atoms with Gasteiger partial charge in [0.1, 0.15) is 11.6 Å². The van der Waals surface area contributed by atoms with E-state index in [-0.39, 0.29) is 0 Å². The maximum atomic E-state index is 5.92. The number of nitrogens with zero attached hydrogens (tertiary/aromatic N) is 2. The molecule has 0 radical (unpaired) electrons. The zero-order valence-electron chi connectivity index (χ0n) is 9.07. The minimum absolute atomic E-state index is 0.398. The average molecular weight is 204 g/mol. The Hall–Kier alpha value is -1.55. The molecule has 0 aliphatic rings. The van der Waals surface area contributed by atoms with Crippen LogP contribution in [0, 0.1) is 0 Å². The Kier molecular flexibility index (Phi) is 2.60. The minimum atomic E-state index is 0.398. The van der Waals surface area contributed by atoms with Crippen LogP contribution >= 0.6 is 0 Å². The second-order valence-electron chi connectivity index (χ2n) is 3.78. The first kappa shape index (κ1) is 9.98. The largest absolute Gasteiger partial charge is 0.385 e. The summed E-state index contributed by atoms with van der Waals surface area (Å²) in [5.74, 6) is 1.74. The molecule has 0 saturated carbocycles. The molecule has 0 fully saturated rings. The number of hydrogen-bond acceptors (Lipinski definition) is 3. The first-order valence-electron chi connectivity index (χ1n) is 5.10. The fourth-order valence-electron chi connectivity index (χ4n) is 1.66. The highest BCUT2D eigenvalue weighted by atomic mass is 15.1. The van der Waals surface area contributed by atoms with Gasteiger partial charge in [0.2, 0.25) is 0 Å². The maximum absolute atomic E-state index is 5.92. The van der Waals surface area contributed by atoms with Crippen molar-refractivity contribution in [2.75, 3.05) is 12.8 Å². The lowest BCUT2D eigenvalue weighted by Gasteiger charge is -2.10. The molecule has 0 aliphatic carbocycles. The third-order valence-corrected chi connectivity index (χ3v) is 2.64. The van der Waals surface area contributed by atoms with Crippen LogP contribution in [-0.4, -0.2) is 22.5 Å². The van der Waals surface area contributed by atoms with E-state index in [0.717, 1.165) is 23.6 Å². The van der Waals surface area contributed by atoms with Gasteiger partial charge in [-0.15, -0.1) is 0 Å². The maximum Gasteiger partial charge on any atom is 0.116 e. The number of anilines is 1. The molecule has 0 spiro atoms. The van der Waals surface area contributed by atoms with E-state index in [1.807, 2.05) is 35.8 Å². The number of likely N-dealkylation sites (N-methyl/N-ethyl adjacent to an activating group) is 1. The summed E-state index contributed by atoms with van der Waals surface area (Å²) < 4.78 is 1.99. The lowest BCUT2D eigenvalue weighted by atomic mass is 10.2. The fraction of sp³-hybridized carbons (Fsp3) is 0.364. The highest BCUT2D eigenvalue weighted by Gasteiger charge is 2.08. The summed E-state index contributed by atoms with van der Waals surface area (Å²) in [5.41, 5.74) is 6.97. The molecule has 15 heavy (non-hydrogen) atoms. The number of nitrogens with two attached hydrogens (primary N) is 1. The molecule has 2 aromatic heterocycles. The van der Waals surface area contributed by atoms with Crippen molar-refractivity contribution in [2.45, 2.75) is 19.4 Å². The Morgan fingerprint density at radius 1 is 1.53 bits per heavy atom. The van der Waals surface area contributed by atoms with E-state index in [9.17, 15) is 0 Å². The summed E-state index contributed by atoms with van der Waals surface area (Å²) in [5, 5.41) is 3.19. The Balaban J connectivity index is 2.43. The number of nitrogen functional groups attached to an aromatic ring is 1. The number of fused-ring (bicyclic) bond motifs is 1. The molecular weight excluding hydrogens is 188 g/mol. The molecule has 3 N–H and O–H groups in total. The average Bonchev–Trinajstić information content (AvgIpc) is 2.63. The van der Waals surface area contributed by atoms with Crippen LogP contribution in [0.25, 0.3) is 5.52 Å². The van der Waals surface area contributed by atoms with Crippen molar-refractivity contribution in [2.24, 2.45) is 0 Å². The van der Waals surface area contributed by atoms with Crippen molar-refractivity contribution in [3.05, 3.63) is 30.2 Å². The molecule has 4 heteroatoms. The number of nitrogens with one attached hydrogen (secondary N) is 1. The predicted octanol–water partition coefficient (Wildman–Crippen LogP) is 1.07. The molecule has 1 unspecified atom stereocenters. The first-order valence-corrected chi connectivity index (χ1v) is 5.10. The molecule has 1 atom stereocenters. The van der Waals surface area contributed by atoms with E-state index in [1.165, 1.54) is 0 Å². The lowest BCUT2D eigenvalue weighted by molar-refractivity contribution is 0.590. The molecule has 2 rings (SSSR count). The number of aromatic nitrogens is 2. The van der Waals surface area contributed by atoms with Gasteiger partial charge in [-0.2, -0.15) is 0 Å². The number of imidazole rings is 1. The molecule has 80 valence electrons. The van der Waals surface area contributed by atoms with Gasteiger partial charge in [-0.25, -0.2) is 4.98 Å². The van der Waals surface area contributed by atoms with Crippen LogP contribution in [0.3, 0.4) is 0 Å². The zero-order chi connectivity index (χ0) is 10.8. The van der Waals surface area contributed by atoms with Crippen LogP contribution < -0.4 is 11.1 Å². The zero-order valence-corrected chi connectivity index (χ0v) is 9.07. The third-order valence-electron chi connectivity index (χ3n) is 2.64. The van der Waals surface area contributed by atoms with E-state index in [2.05, 4.69) is 17.2 Å². The van der Waals surface area contributed by atoms with Crippen LogP contribution in [-0.2, 0) is 6.42 Å². The van der Waals surface area contributed by atoms with E-state index in [0.29, 0.717) is 6.04 Å². The van der Waals surface area contributed by atoms with Crippen LogP contribution in [0.5, 0.6) is 0 Å². The van der Waals surface area contributed by atoms with Gasteiger partial charge in [0.15, 0.2) is 0 Å². The van der Waals surface area contributed by atoms with Crippen LogP contribution in [0.15, 0.2) is 24.4 Å². The van der Waals surface area contributed by atoms with Gasteiger partial charge >= 0.3 is 0 Å². The van der Waals surface area contributed by atoms with Crippen molar-refractivity contribution in [1.29, 1.82) is 0 Å². The molecule has 0 bridgehead atoms. The van der Waals surface area contributed by atoms with Gasteiger partial charge in [0.25, 0.3) is 0 Å². The summed E-state index contributed by atoms with van der Waals surface area (Å²) >= 11 is 0. The standard InChI is InChI=1S/C11H16N4/c1-8(13-2)6-11-14-7-9-4-3-5-10(12)15(9)11/h3-5,7-8,13H,6,12H2,1-2H3. The van der Waals surface area contributed by atoms with Crippen molar-refractivity contribution in [1.82, 2.24) is 14.7 Å². The van der Waals surface area contributed by atoms with Crippen LogP contribution in [0.4, 0.5) is 5.82 Å². The fourth-order valence-corrected chi connectivity index (χ4v) is 1.66. The van der Waals surface area contributed by atoms with E-state index in [4.69, 9.17) is 5.73 Å². The van der Waals surface area contributed by atoms with Gasteiger partial charge in [-0.3, -0.25) is 4.40 Å². The summed E-state index contributed by atoms with van der Waals surface area (Å²) in [6.07, 6.45) is 2.73. The van der Waals surface area contributed by atoms with E-state index < -0.39 is 0 Å². The van der Waals surface area contributed by atoms with Crippen molar-refractivity contribution in [3.63, 3.8) is 0 Å². The van der Waals surface area contributed by atoms with E-state index >= 15 is 0 Å². The lowest BCUT2D eigenvalue weighted by Crippen LogP contribution is -2.24. The Labute approximate surface area is 89.1 Å². The molecule has 0 saturated heterocycles. The molecule has 4 nitrogen and oxygen atoms in total. The molecular formula is C11H16N4. The summed E-state index contributed by atoms with van der Waals surface area (Å²) in [7, 11) is 1.95. The molecule has 0 aromatic carbocycles. The molecule has 0 amide bonds. The Morgan fingerprint density at radius 2 is 2.33 bits per heavy atom. The number of pyridine rings is 1. The van der Waals surface area contributed by atoms with Gasteiger partial charge in [0.05, 0.1) is 11.7 Å². The quantitative estimate of drug-likeness (QED) is 0.786. The van der Waals surface area contributed by atoms with Gasteiger partial charge in [0, 0.05) is 12.5 Å². The van der Waals surface area contributed by atoms with Gasteiger partial charge in [-0.1, -0.05) is 6.07 Å². The van der Waals surface area contributed by atoms with Crippen molar-refractivity contribution in [3.8, 4) is 0 Å². The molecule has 2 aromatic rings. The first-order chi connectivity index (χ1) is 7.22. The smallest absolute Gasteiger partial charge is 0.116 e. The summed E-state index contributed by atoms with van der Waals surface area (Å²) in [6.45, 7) is 2.13. The Morgan fingerprint density at radius 3 is 3.07 bits per heavy atom. The highest BCUT2D eigenvalue weighted by molar-refractivity contribution is 5.53. The van der Waals surface area contributed by atoms with Crippen LogP contribution in [0.2, 0.25) is 0 Å². The highest BCUT2D eigenvalue weighted by Crippen LogP contribution is 2.13. The minimum Gasteiger partial charge on any atom is -0.385 e. The van der Waals surface area contributed by atoms with Crippen LogP contribution in [0.1, 0.15) is 12.7 Å².